The first-order chi connectivity index (χ1) is 12.0. The third-order valence-electron chi connectivity index (χ3n) is 3.90. The van der Waals surface area contributed by atoms with Gasteiger partial charge in [-0.05, 0) is 19.1 Å². The van der Waals surface area contributed by atoms with E-state index in [9.17, 15) is 4.79 Å². The van der Waals surface area contributed by atoms with Crippen LogP contribution in [0.25, 0.3) is 16.6 Å². The van der Waals surface area contributed by atoms with E-state index >= 15 is 0 Å². The van der Waals surface area contributed by atoms with Gasteiger partial charge in [-0.3, -0.25) is 9.20 Å². The fraction of sp³-hybridized carbons (Fsp3) is 0.118. The van der Waals surface area contributed by atoms with E-state index in [4.69, 9.17) is 23.2 Å². The van der Waals surface area contributed by atoms with Gasteiger partial charge in [0.1, 0.15) is 0 Å². The molecule has 0 fully saturated rings. The van der Waals surface area contributed by atoms with Gasteiger partial charge in [-0.1, -0.05) is 53.2 Å². The summed E-state index contributed by atoms with van der Waals surface area (Å²) in [5.41, 5.74) is 2.12. The topological polar surface area (TPSA) is 63.1 Å². The Kier molecular flexibility index (Phi) is 4.19. The zero-order valence-electron chi connectivity index (χ0n) is 13.0. The molecular weight excluding hydrogens is 379 g/mol. The number of H-pyrrole nitrogens is 1. The van der Waals surface area contributed by atoms with Crippen LogP contribution in [0, 0.1) is 0 Å². The van der Waals surface area contributed by atoms with E-state index in [2.05, 4.69) is 15.2 Å². The Morgan fingerprint density at radius 2 is 2.08 bits per heavy atom. The smallest absolute Gasteiger partial charge is 0.196 e. The van der Waals surface area contributed by atoms with Gasteiger partial charge in [0.15, 0.2) is 16.6 Å². The highest BCUT2D eigenvalue weighted by atomic mass is 35.5. The predicted octanol–water partition coefficient (Wildman–Crippen LogP) is 4.88. The van der Waals surface area contributed by atoms with Crippen molar-refractivity contribution in [3.63, 3.8) is 0 Å². The quantitative estimate of drug-likeness (QED) is 0.398. The highest BCUT2D eigenvalue weighted by molar-refractivity contribution is 8.00. The first-order valence-corrected chi connectivity index (χ1v) is 9.15. The molecule has 0 aliphatic rings. The number of para-hydroxylation sites is 1. The van der Waals surface area contributed by atoms with E-state index in [0.717, 1.165) is 10.9 Å². The van der Waals surface area contributed by atoms with Gasteiger partial charge in [-0.25, -0.2) is 0 Å². The van der Waals surface area contributed by atoms with Gasteiger partial charge >= 0.3 is 0 Å². The summed E-state index contributed by atoms with van der Waals surface area (Å²) in [4.78, 5) is 16.0. The monoisotopic (exact) mass is 390 g/mol. The number of hydrogen-bond acceptors (Lipinski definition) is 4. The average Bonchev–Trinajstić information content (AvgIpc) is 3.19. The second-order valence-electron chi connectivity index (χ2n) is 5.55. The van der Waals surface area contributed by atoms with Crippen LogP contribution in [0.1, 0.15) is 17.3 Å². The normalized spacial score (nSPS) is 12.8. The molecular formula is C17H12Cl2N4OS. The van der Waals surface area contributed by atoms with Crippen LogP contribution in [0.15, 0.2) is 47.9 Å². The van der Waals surface area contributed by atoms with Crippen LogP contribution in [-0.4, -0.2) is 30.6 Å². The summed E-state index contributed by atoms with van der Waals surface area (Å²) in [6.45, 7) is 1.85. The Labute approximate surface area is 157 Å². The van der Waals surface area contributed by atoms with Crippen molar-refractivity contribution in [2.45, 2.75) is 17.3 Å². The highest BCUT2D eigenvalue weighted by Crippen LogP contribution is 2.30. The Bertz CT molecular complexity index is 1100. The molecule has 0 unspecified atom stereocenters. The van der Waals surface area contributed by atoms with Gasteiger partial charge in [0.05, 0.1) is 15.3 Å². The van der Waals surface area contributed by atoms with Gasteiger partial charge in [0.2, 0.25) is 0 Å². The third-order valence-corrected chi connectivity index (χ3v) is 5.44. The molecule has 126 valence electrons. The summed E-state index contributed by atoms with van der Waals surface area (Å²) in [6, 6.07) is 9.34. The number of nitrogens with one attached hydrogen (secondary N) is 1. The number of carbonyl (C=O) groups is 1. The zero-order chi connectivity index (χ0) is 17.6. The number of benzene rings is 1. The average molecular weight is 391 g/mol. The summed E-state index contributed by atoms with van der Waals surface area (Å²) >= 11 is 13.5. The number of carbonyl (C=O) groups excluding carboxylic acids is 1. The number of Topliss-reactive ketones (excluding diaryl/α,β-unsaturated/α-hetero) is 1. The summed E-state index contributed by atoms with van der Waals surface area (Å²) < 4.78 is 1.70. The maximum absolute atomic E-state index is 12.9. The summed E-state index contributed by atoms with van der Waals surface area (Å²) in [7, 11) is 0. The molecule has 5 nitrogen and oxygen atoms in total. The molecule has 0 aliphatic carbocycles. The van der Waals surface area contributed by atoms with Gasteiger partial charge in [-0.2, -0.15) is 0 Å². The van der Waals surface area contributed by atoms with Crippen LogP contribution >= 0.6 is 35.0 Å². The molecule has 1 aromatic carbocycles. The largest absolute Gasteiger partial charge is 0.360 e. The maximum atomic E-state index is 12.9. The predicted molar refractivity (Wildman–Crippen MR) is 101 cm³/mol. The lowest BCUT2D eigenvalue weighted by molar-refractivity contribution is 0.0995. The highest BCUT2D eigenvalue weighted by Gasteiger charge is 2.22. The zero-order valence-corrected chi connectivity index (χ0v) is 15.4. The van der Waals surface area contributed by atoms with Crippen LogP contribution in [0.5, 0.6) is 0 Å². The summed E-state index contributed by atoms with van der Waals surface area (Å²) in [6.07, 6.45) is 3.44. The lowest BCUT2D eigenvalue weighted by Gasteiger charge is -2.08. The second kappa shape index (κ2) is 6.37. The van der Waals surface area contributed by atoms with Crippen molar-refractivity contribution in [2.75, 3.05) is 0 Å². The lowest BCUT2D eigenvalue weighted by Crippen LogP contribution is -2.13. The molecule has 3 aromatic heterocycles. The first-order valence-electron chi connectivity index (χ1n) is 7.51. The van der Waals surface area contributed by atoms with Crippen molar-refractivity contribution >= 4 is 57.3 Å². The Morgan fingerprint density at radius 3 is 2.92 bits per heavy atom. The van der Waals surface area contributed by atoms with E-state index in [1.165, 1.54) is 11.8 Å². The van der Waals surface area contributed by atoms with Crippen molar-refractivity contribution in [2.24, 2.45) is 0 Å². The Hall–Kier alpha value is -2.02. The van der Waals surface area contributed by atoms with Gasteiger partial charge in [0, 0.05) is 28.9 Å². The fourth-order valence-corrected chi connectivity index (χ4v) is 4.09. The molecule has 4 aromatic rings. The number of aromatic amines is 1. The molecule has 0 bridgehead atoms. The number of ketones is 1. The molecule has 0 amide bonds. The molecule has 1 N–H and O–H groups in total. The molecule has 0 radical (unpaired) electrons. The van der Waals surface area contributed by atoms with E-state index in [1.807, 2.05) is 31.2 Å². The van der Waals surface area contributed by atoms with E-state index in [1.54, 1.807) is 22.9 Å². The van der Waals surface area contributed by atoms with Gasteiger partial charge in [-0.15, -0.1) is 10.2 Å². The second-order valence-corrected chi connectivity index (χ2v) is 7.71. The lowest BCUT2D eigenvalue weighted by atomic mass is 10.1. The number of hydrogen-bond donors (Lipinski definition) is 1. The summed E-state index contributed by atoms with van der Waals surface area (Å²) in [5, 5.41) is 10.2. The molecule has 0 saturated heterocycles. The van der Waals surface area contributed by atoms with Crippen molar-refractivity contribution in [3.8, 4) is 0 Å². The Balaban J connectivity index is 1.66. The number of aromatic nitrogens is 4. The molecule has 0 aliphatic heterocycles. The Morgan fingerprint density at radius 1 is 1.28 bits per heavy atom. The van der Waals surface area contributed by atoms with Crippen molar-refractivity contribution in [3.05, 3.63) is 58.3 Å². The van der Waals surface area contributed by atoms with Crippen LogP contribution in [0.4, 0.5) is 0 Å². The van der Waals surface area contributed by atoms with Crippen LogP contribution in [-0.2, 0) is 0 Å². The van der Waals surface area contributed by atoms with E-state index < -0.39 is 0 Å². The maximum Gasteiger partial charge on any atom is 0.196 e. The number of fused-ring (bicyclic) bond motifs is 2. The number of pyridine rings is 1. The van der Waals surface area contributed by atoms with Crippen molar-refractivity contribution in [1.82, 2.24) is 19.6 Å². The molecule has 8 heteroatoms. The molecule has 0 saturated carbocycles. The van der Waals surface area contributed by atoms with Crippen LogP contribution in [0.2, 0.25) is 10.0 Å². The minimum absolute atomic E-state index is 0.0207. The van der Waals surface area contributed by atoms with Gasteiger partial charge < -0.3 is 4.98 Å². The van der Waals surface area contributed by atoms with Crippen LogP contribution < -0.4 is 0 Å². The van der Waals surface area contributed by atoms with Gasteiger partial charge in [0.25, 0.3) is 0 Å². The van der Waals surface area contributed by atoms with Crippen molar-refractivity contribution in [1.29, 1.82) is 0 Å². The minimum Gasteiger partial charge on any atom is -0.360 e. The van der Waals surface area contributed by atoms with Crippen molar-refractivity contribution < 1.29 is 4.79 Å². The summed E-state index contributed by atoms with van der Waals surface area (Å²) in [5.74, 6) is 0.0207. The molecule has 1 atom stereocenters. The minimum atomic E-state index is -0.343. The third kappa shape index (κ3) is 2.90. The number of rotatable bonds is 4. The number of nitrogens with zero attached hydrogens (tertiary/aromatic N) is 3. The van der Waals surface area contributed by atoms with E-state index in [-0.39, 0.29) is 11.0 Å². The van der Waals surface area contributed by atoms with E-state index in [0.29, 0.717) is 26.4 Å². The van der Waals surface area contributed by atoms with Crippen LogP contribution in [0.3, 0.4) is 0 Å². The SMILES string of the molecule is C[C@H](Sc1nnc2c(Cl)cc(Cl)cn12)C(=O)c1c[nH]c2ccccc12. The first kappa shape index (κ1) is 16.4. The molecule has 25 heavy (non-hydrogen) atoms. The molecule has 4 rings (SSSR count). The fourth-order valence-electron chi connectivity index (χ4n) is 2.69. The number of thioether (sulfide) groups is 1. The number of halogens is 2. The molecule has 0 spiro atoms. The molecule has 3 heterocycles. The standard InChI is InChI=1S/C17H12Cl2N4OS/c1-9(15(24)12-7-20-14-5-3-2-4-11(12)14)25-17-22-21-16-13(19)6-10(18)8-23(16)17/h2-9,20H,1H3/t9-/m0/s1.